The Kier molecular flexibility index (Phi) is 8.38. The van der Waals surface area contributed by atoms with Gasteiger partial charge in [-0.3, -0.25) is 9.69 Å². The number of carboxylic acid groups (broad SMARTS) is 1. The minimum atomic E-state index is -0.742. The number of aliphatic carboxylic acids is 1. The topological polar surface area (TPSA) is 71.9 Å². The second-order valence-corrected chi connectivity index (χ2v) is 14.6. The smallest absolute Gasteiger partial charge is 0.306 e. The lowest BCUT2D eigenvalue weighted by atomic mass is 9.71. The van der Waals surface area contributed by atoms with E-state index in [4.69, 9.17) is 9.47 Å². The number of pyridine rings is 1. The molecule has 4 aliphatic rings. The maximum absolute atomic E-state index is 15.3. The molecule has 0 amide bonds. The van der Waals surface area contributed by atoms with E-state index >= 15 is 4.39 Å². The standard InChI is InChI=1S/C37H47FN2O4/c1-23(35(41)42)34(25-7-8-25)26-9-6-24-10-11-32(44-31(24)18-26)37(4)13-12-28(29-19-33(43-5)39-21-30(29)38)27(20-37)22-40-16-14-36(2,3)15-17-40/h6,9,12,18-21,23,25,32,34H,7-8,10-11,13-17,22H2,1-5H3,(H,41,42)/t23-,32-,34-,37?/m0/s1. The van der Waals surface area contributed by atoms with E-state index in [1.54, 1.807) is 13.2 Å². The number of hydrogen-bond acceptors (Lipinski definition) is 5. The molecule has 6 nitrogen and oxygen atoms in total. The zero-order valence-corrected chi connectivity index (χ0v) is 26.9. The molecule has 1 aromatic carbocycles. The van der Waals surface area contributed by atoms with Gasteiger partial charge in [-0.05, 0) is 104 Å². The van der Waals surface area contributed by atoms with Crippen molar-refractivity contribution in [1.29, 1.82) is 0 Å². The molecule has 44 heavy (non-hydrogen) atoms. The number of allylic oxidation sites excluding steroid dienone is 1. The highest BCUT2D eigenvalue weighted by molar-refractivity contribution is 5.81. The summed E-state index contributed by atoms with van der Waals surface area (Å²) in [6, 6.07) is 8.10. The zero-order chi connectivity index (χ0) is 31.2. The number of aryl methyl sites for hydroxylation is 1. The van der Waals surface area contributed by atoms with Gasteiger partial charge in [-0.15, -0.1) is 0 Å². The van der Waals surface area contributed by atoms with Crippen molar-refractivity contribution in [2.24, 2.45) is 22.7 Å². The maximum atomic E-state index is 15.3. The summed E-state index contributed by atoms with van der Waals surface area (Å²) in [7, 11) is 1.56. The summed E-state index contributed by atoms with van der Waals surface area (Å²) in [5, 5.41) is 9.81. The van der Waals surface area contributed by atoms with Gasteiger partial charge in [0.05, 0.1) is 19.2 Å². The molecule has 6 rings (SSSR count). The van der Waals surface area contributed by atoms with E-state index in [2.05, 4.69) is 61.0 Å². The fourth-order valence-electron chi connectivity index (χ4n) is 7.56. The van der Waals surface area contributed by atoms with Crippen LogP contribution in [0, 0.1) is 28.5 Å². The number of benzene rings is 1. The fraction of sp³-hybridized carbons (Fsp3) is 0.568. The third-order valence-corrected chi connectivity index (χ3v) is 10.7. The molecule has 236 valence electrons. The molecule has 1 N–H and O–H groups in total. The van der Waals surface area contributed by atoms with Crippen LogP contribution in [-0.4, -0.2) is 53.8 Å². The second-order valence-electron chi connectivity index (χ2n) is 14.6. The molecule has 1 unspecified atom stereocenters. The molecule has 7 heteroatoms. The minimum absolute atomic E-state index is 0.00537. The quantitative estimate of drug-likeness (QED) is 0.318. The van der Waals surface area contributed by atoms with Crippen LogP contribution in [0.4, 0.5) is 4.39 Å². The van der Waals surface area contributed by atoms with Gasteiger partial charge in [0.1, 0.15) is 17.7 Å². The molecule has 0 radical (unpaired) electrons. The molecular formula is C37H47FN2O4. The molecule has 4 atom stereocenters. The Morgan fingerprint density at radius 1 is 1.18 bits per heavy atom. The molecule has 0 spiro atoms. The summed E-state index contributed by atoms with van der Waals surface area (Å²) >= 11 is 0. The molecule has 1 aromatic heterocycles. The van der Waals surface area contributed by atoms with Crippen LogP contribution in [0.1, 0.15) is 88.8 Å². The first-order valence-electron chi connectivity index (χ1n) is 16.3. The van der Waals surface area contributed by atoms with Gasteiger partial charge in [-0.1, -0.05) is 52.0 Å². The maximum Gasteiger partial charge on any atom is 0.306 e. The summed E-state index contributed by atoms with van der Waals surface area (Å²) in [5.41, 5.74) is 4.89. The Balaban J connectivity index is 1.30. The van der Waals surface area contributed by atoms with Crippen molar-refractivity contribution < 1.29 is 23.8 Å². The monoisotopic (exact) mass is 602 g/mol. The molecule has 1 saturated carbocycles. The number of methoxy groups -OCH3 is 1. The summed E-state index contributed by atoms with van der Waals surface area (Å²) in [6.45, 7) is 11.6. The van der Waals surface area contributed by atoms with E-state index in [1.165, 1.54) is 11.8 Å². The van der Waals surface area contributed by atoms with Crippen LogP contribution in [0.5, 0.6) is 11.6 Å². The fourth-order valence-corrected chi connectivity index (χ4v) is 7.56. The number of halogens is 1. The van der Waals surface area contributed by atoms with E-state index < -0.39 is 11.9 Å². The van der Waals surface area contributed by atoms with E-state index in [0.717, 1.165) is 87.0 Å². The minimum Gasteiger partial charge on any atom is -0.489 e. The Labute approximate surface area is 261 Å². The van der Waals surface area contributed by atoms with E-state index in [1.807, 2.05) is 6.92 Å². The Hall–Kier alpha value is -3.19. The third-order valence-electron chi connectivity index (χ3n) is 10.7. The van der Waals surface area contributed by atoms with Crippen molar-refractivity contribution in [3.63, 3.8) is 0 Å². The number of nitrogens with zero attached hydrogens (tertiary/aromatic N) is 2. The first-order valence-corrected chi connectivity index (χ1v) is 16.3. The molecule has 3 heterocycles. The van der Waals surface area contributed by atoms with E-state index in [0.29, 0.717) is 22.8 Å². The second kappa shape index (κ2) is 12.0. The van der Waals surface area contributed by atoms with Crippen LogP contribution < -0.4 is 9.47 Å². The van der Waals surface area contributed by atoms with E-state index in [9.17, 15) is 9.90 Å². The molecule has 2 aliphatic heterocycles. The third kappa shape index (κ3) is 6.30. The van der Waals surface area contributed by atoms with Crippen LogP contribution >= 0.6 is 0 Å². The number of piperidine rings is 1. The van der Waals surface area contributed by atoms with Crippen LogP contribution in [0.3, 0.4) is 0 Å². The van der Waals surface area contributed by atoms with Gasteiger partial charge in [-0.2, -0.15) is 0 Å². The van der Waals surface area contributed by atoms with Gasteiger partial charge in [-0.25, -0.2) is 9.37 Å². The van der Waals surface area contributed by atoms with Gasteiger partial charge >= 0.3 is 5.97 Å². The lowest BCUT2D eigenvalue weighted by molar-refractivity contribution is -0.142. The first kappa shape index (κ1) is 30.8. The lowest BCUT2D eigenvalue weighted by Gasteiger charge is -2.42. The average molecular weight is 603 g/mol. The van der Waals surface area contributed by atoms with Crippen molar-refractivity contribution >= 4 is 11.5 Å². The van der Waals surface area contributed by atoms with Crippen molar-refractivity contribution in [2.75, 3.05) is 26.7 Å². The summed E-state index contributed by atoms with van der Waals surface area (Å²) in [4.78, 5) is 18.5. The van der Waals surface area contributed by atoms with Gasteiger partial charge in [0.15, 0.2) is 0 Å². The molecule has 1 saturated heterocycles. The first-order chi connectivity index (χ1) is 21.0. The number of aromatic nitrogens is 1. The number of carbonyl (C=O) groups is 1. The number of likely N-dealkylation sites (tertiary alicyclic amines) is 1. The summed E-state index contributed by atoms with van der Waals surface area (Å²) in [5.74, 6) is 0.200. The Morgan fingerprint density at radius 3 is 2.61 bits per heavy atom. The van der Waals surface area contributed by atoms with Crippen LogP contribution in [-0.2, 0) is 11.2 Å². The van der Waals surface area contributed by atoms with Crippen molar-refractivity contribution in [2.45, 2.75) is 84.7 Å². The predicted molar refractivity (Wildman–Crippen MR) is 170 cm³/mol. The highest BCUT2D eigenvalue weighted by Crippen LogP contribution is 2.49. The van der Waals surface area contributed by atoms with Gasteiger partial charge in [0.2, 0.25) is 5.88 Å². The molecular weight excluding hydrogens is 555 g/mol. The number of carboxylic acids is 1. The normalized spacial score (nSPS) is 26.5. The molecule has 2 aromatic rings. The highest BCUT2D eigenvalue weighted by Gasteiger charge is 2.41. The highest BCUT2D eigenvalue weighted by atomic mass is 19.1. The molecule has 0 bridgehead atoms. The lowest BCUT2D eigenvalue weighted by Crippen LogP contribution is -2.41. The van der Waals surface area contributed by atoms with Crippen LogP contribution in [0.15, 0.2) is 48.2 Å². The SMILES string of the molecule is COc1cc(C2=CCC(C)([C@@H]3CCc4ccc([C@H](C5CC5)[C@H](C)C(=O)O)cc4O3)C=C2CN2CCC(C)(C)CC2)c(F)cn1. The number of ether oxygens (including phenoxy) is 2. The average Bonchev–Trinajstić information content (AvgIpc) is 3.84. The molecule has 2 aliphatic carbocycles. The van der Waals surface area contributed by atoms with Gasteiger partial charge in [0, 0.05) is 23.6 Å². The summed E-state index contributed by atoms with van der Waals surface area (Å²) < 4.78 is 27.5. The molecule has 2 fully saturated rings. The van der Waals surface area contributed by atoms with Gasteiger partial charge < -0.3 is 14.6 Å². The number of rotatable bonds is 9. The van der Waals surface area contributed by atoms with Crippen LogP contribution in [0.2, 0.25) is 0 Å². The predicted octanol–water partition coefficient (Wildman–Crippen LogP) is 7.68. The largest absolute Gasteiger partial charge is 0.489 e. The number of hydrogen-bond donors (Lipinski definition) is 1. The van der Waals surface area contributed by atoms with Crippen LogP contribution in [0.25, 0.3) is 5.57 Å². The Bertz CT molecular complexity index is 1470. The number of fused-ring (bicyclic) bond motifs is 1. The van der Waals surface area contributed by atoms with Gasteiger partial charge in [0.25, 0.3) is 0 Å². The summed E-state index contributed by atoms with van der Waals surface area (Å²) in [6.07, 6.45) is 12.7. The zero-order valence-electron chi connectivity index (χ0n) is 26.9. The van der Waals surface area contributed by atoms with Crippen molar-refractivity contribution in [3.8, 4) is 11.6 Å². The van der Waals surface area contributed by atoms with Crippen molar-refractivity contribution in [1.82, 2.24) is 9.88 Å². The van der Waals surface area contributed by atoms with Crippen molar-refractivity contribution in [3.05, 3.63) is 70.7 Å². The Morgan fingerprint density at radius 2 is 1.93 bits per heavy atom. The van der Waals surface area contributed by atoms with E-state index in [-0.39, 0.29) is 23.3 Å².